The molecule has 1 aromatic heterocycles. The summed E-state index contributed by atoms with van der Waals surface area (Å²) in [5, 5.41) is 27.0. The summed E-state index contributed by atoms with van der Waals surface area (Å²) in [6.07, 6.45) is 4.67. The number of imidazole rings is 1. The molecular formula is C26H39N7O6. The van der Waals surface area contributed by atoms with Crippen molar-refractivity contribution in [1.29, 1.82) is 0 Å². The number of carbonyl (C=O) groups is 4. The molecular weight excluding hydrogens is 506 g/mol. The van der Waals surface area contributed by atoms with Crippen molar-refractivity contribution in [3.8, 4) is 5.75 Å². The second-order valence-electron chi connectivity index (χ2n) is 9.73. The number of nitrogens with two attached hydrogens (primary N) is 2. The lowest BCUT2D eigenvalue weighted by Crippen LogP contribution is -2.59. The Bertz CT molecular complexity index is 1070. The fraction of sp³-hybridized carbons (Fsp3) is 0.500. The van der Waals surface area contributed by atoms with Crippen molar-refractivity contribution in [2.45, 2.75) is 70.1 Å². The average molecular weight is 546 g/mol. The number of phenolic OH excluding ortho intramolecular Hbond substituents is 1. The molecule has 4 atom stereocenters. The standard InChI is InChI=1S/C26H39N7O6/c1-15(2)22(33-23(35)19(28)5-3-4-10-27)25(37)31-20(12-17-13-29-14-30-17)24(36)32-21(26(38)39)11-16-6-8-18(34)9-7-16/h6-9,13-15,19-22,34H,3-5,10-12,27-28H2,1-2H3,(H,29,30)(H,31,37)(H,32,36)(H,33,35)(H,38,39). The zero-order valence-electron chi connectivity index (χ0n) is 22.2. The molecule has 1 aromatic carbocycles. The monoisotopic (exact) mass is 545 g/mol. The van der Waals surface area contributed by atoms with E-state index in [4.69, 9.17) is 11.5 Å². The van der Waals surface area contributed by atoms with Crippen molar-refractivity contribution >= 4 is 23.7 Å². The zero-order valence-corrected chi connectivity index (χ0v) is 22.2. The van der Waals surface area contributed by atoms with Crippen molar-refractivity contribution in [3.05, 3.63) is 48.0 Å². The maximum atomic E-state index is 13.3. The Labute approximate surface area is 227 Å². The van der Waals surface area contributed by atoms with Crippen LogP contribution in [0.5, 0.6) is 5.75 Å². The summed E-state index contributed by atoms with van der Waals surface area (Å²) in [6, 6.07) is 1.68. The summed E-state index contributed by atoms with van der Waals surface area (Å²) in [4.78, 5) is 57.8. The predicted molar refractivity (Wildman–Crippen MR) is 143 cm³/mol. The highest BCUT2D eigenvalue weighted by atomic mass is 16.4. The van der Waals surface area contributed by atoms with Gasteiger partial charge in [-0.1, -0.05) is 32.4 Å². The number of aromatic amines is 1. The Kier molecular flexibility index (Phi) is 12.4. The van der Waals surface area contributed by atoms with Crippen LogP contribution in [0.15, 0.2) is 36.8 Å². The topological polar surface area (TPSA) is 226 Å². The number of hydrogen-bond acceptors (Lipinski definition) is 8. The van der Waals surface area contributed by atoms with Crippen LogP contribution in [-0.4, -0.2) is 74.6 Å². The van der Waals surface area contributed by atoms with E-state index in [0.29, 0.717) is 30.6 Å². The van der Waals surface area contributed by atoms with Gasteiger partial charge in [0, 0.05) is 24.7 Å². The third-order valence-corrected chi connectivity index (χ3v) is 6.16. The number of benzene rings is 1. The van der Waals surface area contributed by atoms with Gasteiger partial charge in [0.05, 0.1) is 12.4 Å². The van der Waals surface area contributed by atoms with Crippen LogP contribution < -0.4 is 27.4 Å². The molecule has 0 aliphatic rings. The molecule has 0 bridgehead atoms. The number of phenols is 1. The largest absolute Gasteiger partial charge is 0.508 e. The van der Waals surface area contributed by atoms with Gasteiger partial charge in [-0.3, -0.25) is 14.4 Å². The lowest BCUT2D eigenvalue weighted by Gasteiger charge is -2.27. The van der Waals surface area contributed by atoms with Gasteiger partial charge in [-0.2, -0.15) is 0 Å². The van der Waals surface area contributed by atoms with Gasteiger partial charge < -0.3 is 42.6 Å². The average Bonchev–Trinajstić information content (AvgIpc) is 3.40. The molecule has 1 heterocycles. The molecule has 13 nitrogen and oxygen atoms in total. The summed E-state index contributed by atoms with van der Waals surface area (Å²) in [5.41, 5.74) is 12.6. The predicted octanol–water partition coefficient (Wildman–Crippen LogP) is -0.448. The molecule has 39 heavy (non-hydrogen) atoms. The number of aliphatic carboxylic acids is 1. The van der Waals surface area contributed by atoms with E-state index in [0.717, 1.165) is 6.42 Å². The minimum atomic E-state index is -1.30. The number of aromatic hydroxyl groups is 1. The van der Waals surface area contributed by atoms with Crippen LogP contribution in [0.4, 0.5) is 0 Å². The maximum absolute atomic E-state index is 13.3. The molecule has 2 rings (SSSR count). The number of rotatable bonds is 16. The third kappa shape index (κ3) is 10.4. The molecule has 0 saturated heterocycles. The van der Waals surface area contributed by atoms with Gasteiger partial charge in [-0.05, 0) is 43.0 Å². The zero-order chi connectivity index (χ0) is 28.9. The minimum Gasteiger partial charge on any atom is -0.508 e. The molecule has 214 valence electrons. The van der Waals surface area contributed by atoms with E-state index in [-0.39, 0.29) is 24.5 Å². The highest BCUT2D eigenvalue weighted by Gasteiger charge is 2.32. The molecule has 2 aromatic rings. The van der Waals surface area contributed by atoms with E-state index in [1.807, 2.05) is 0 Å². The SMILES string of the molecule is CC(C)C(NC(=O)C(N)CCCCN)C(=O)NC(Cc1cnc[nH]1)C(=O)NC(Cc1ccc(O)cc1)C(=O)O. The highest BCUT2D eigenvalue weighted by molar-refractivity contribution is 5.94. The maximum Gasteiger partial charge on any atom is 0.326 e. The Balaban J connectivity index is 2.16. The number of aromatic nitrogens is 2. The second kappa shape index (κ2) is 15.4. The molecule has 0 radical (unpaired) electrons. The second-order valence-corrected chi connectivity index (χ2v) is 9.73. The van der Waals surface area contributed by atoms with Crippen molar-refractivity contribution in [2.75, 3.05) is 6.54 Å². The van der Waals surface area contributed by atoms with Crippen molar-refractivity contribution < 1.29 is 29.4 Å². The van der Waals surface area contributed by atoms with E-state index in [2.05, 4.69) is 25.9 Å². The van der Waals surface area contributed by atoms with E-state index < -0.39 is 47.9 Å². The summed E-state index contributed by atoms with van der Waals surface area (Å²) in [6.45, 7) is 3.97. The van der Waals surface area contributed by atoms with Gasteiger partial charge in [0.1, 0.15) is 23.9 Å². The molecule has 4 unspecified atom stereocenters. The number of nitrogens with zero attached hydrogens (tertiary/aromatic N) is 1. The molecule has 0 spiro atoms. The Morgan fingerprint density at radius 1 is 0.949 bits per heavy atom. The lowest BCUT2D eigenvalue weighted by atomic mass is 10.0. The van der Waals surface area contributed by atoms with Crippen LogP contribution in [-0.2, 0) is 32.0 Å². The molecule has 0 aliphatic heterocycles. The van der Waals surface area contributed by atoms with Crippen LogP contribution in [0.25, 0.3) is 0 Å². The molecule has 0 saturated carbocycles. The Morgan fingerprint density at radius 2 is 1.62 bits per heavy atom. The first-order valence-electron chi connectivity index (χ1n) is 12.9. The molecule has 13 heteroatoms. The van der Waals surface area contributed by atoms with E-state index in [1.54, 1.807) is 26.0 Å². The van der Waals surface area contributed by atoms with Crippen LogP contribution in [0.2, 0.25) is 0 Å². The summed E-state index contributed by atoms with van der Waals surface area (Å²) in [5.74, 6) is -3.40. The number of H-pyrrole nitrogens is 1. The van der Waals surface area contributed by atoms with Crippen LogP contribution in [0.1, 0.15) is 44.4 Å². The van der Waals surface area contributed by atoms with Crippen LogP contribution >= 0.6 is 0 Å². The third-order valence-electron chi connectivity index (χ3n) is 6.16. The van der Waals surface area contributed by atoms with Crippen molar-refractivity contribution in [1.82, 2.24) is 25.9 Å². The molecule has 3 amide bonds. The fourth-order valence-electron chi connectivity index (χ4n) is 3.86. The summed E-state index contributed by atoms with van der Waals surface area (Å²) < 4.78 is 0. The van der Waals surface area contributed by atoms with Gasteiger partial charge >= 0.3 is 5.97 Å². The van der Waals surface area contributed by atoms with E-state index >= 15 is 0 Å². The number of nitrogens with one attached hydrogen (secondary N) is 4. The minimum absolute atomic E-state index is 0.000482. The first kappa shape index (κ1) is 31.2. The van der Waals surface area contributed by atoms with E-state index in [9.17, 15) is 29.4 Å². The number of carbonyl (C=O) groups excluding carboxylic acids is 3. The van der Waals surface area contributed by atoms with Gasteiger partial charge in [0.25, 0.3) is 0 Å². The number of carboxylic acid groups (broad SMARTS) is 1. The molecule has 0 aliphatic carbocycles. The first-order chi connectivity index (χ1) is 18.5. The number of unbranched alkanes of at least 4 members (excludes halogenated alkanes) is 1. The number of carboxylic acids is 1. The van der Waals surface area contributed by atoms with Gasteiger partial charge in [-0.15, -0.1) is 0 Å². The smallest absolute Gasteiger partial charge is 0.326 e. The summed E-state index contributed by atoms with van der Waals surface area (Å²) >= 11 is 0. The summed E-state index contributed by atoms with van der Waals surface area (Å²) in [7, 11) is 0. The Morgan fingerprint density at radius 3 is 2.18 bits per heavy atom. The first-order valence-corrected chi connectivity index (χ1v) is 12.9. The number of amides is 3. The molecule has 0 fully saturated rings. The normalized spacial score (nSPS) is 14.2. The van der Waals surface area contributed by atoms with E-state index in [1.165, 1.54) is 24.7 Å². The van der Waals surface area contributed by atoms with Crippen molar-refractivity contribution in [3.63, 3.8) is 0 Å². The fourth-order valence-corrected chi connectivity index (χ4v) is 3.86. The molecule has 10 N–H and O–H groups in total. The quantitative estimate of drug-likeness (QED) is 0.128. The van der Waals surface area contributed by atoms with Crippen LogP contribution in [0.3, 0.4) is 0 Å². The number of hydrogen-bond donors (Lipinski definition) is 8. The van der Waals surface area contributed by atoms with Gasteiger partial charge in [0.2, 0.25) is 17.7 Å². The van der Waals surface area contributed by atoms with Crippen LogP contribution in [0, 0.1) is 5.92 Å². The van der Waals surface area contributed by atoms with Crippen molar-refractivity contribution in [2.24, 2.45) is 17.4 Å². The highest BCUT2D eigenvalue weighted by Crippen LogP contribution is 2.12. The van der Waals surface area contributed by atoms with Gasteiger partial charge in [0.15, 0.2) is 0 Å². The van der Waals surface area contributed by atoms with Gasteiger partial charge in [-0.25, -0.2) is 9.78 Å². The lowest BCUT2D eigenvalue weighted by molar-refractivity contribution is -0.142. The Hall–Kier alpha value is -3.97.